The van der Waals surface area contributed by atoms with Crippen molar-refractivity contribution in [3.05, 3.63) is 106 Å². The van der Waals surface area contributed by atoms with Gasteiger partial charge in [0.25, 0.3) is 0 Å². The summed E-state index contributed by atoms with van der Waals surface area (Å²) in [4.78, 5) is 0. The van der Waals surface area contributed by atoms with E-state index in [-0.39, 0.29) is 10.8 Å². The molecule has 2 aromatic carbocycles. The van der Waals surface area contributed by atoms with Gasteiger partial charge in [-0.05, 0) is 66.7 Å². The molecule has 5 rings (SSSR count). The maximum Gasteiger partial charge on any atom is 0.206 e. The minimum absolute atomic E-state index is 0.174. The molecule has 0 aromatic heterocycles. The molecule has 6 nitrogen and oxygen atoms in total. The highest BCUT2D eigenvalue weighted by Gasteiger charge is 2.40. The number of methoxy groups -OCH3 is 1. The molecular weight excluding hydrogens is 530 g/mol. The van der Waals surface area contributed by atoms with Crippen LogP contribution in [0.4, 0.5) is 11.4 Å². The molecular formula is C37H50N5O+. The van der Waals surface area contributed by atoms with E-state index in [9.17, 15) is 0 Å². The van der Waals surface area contributed by atoms with Crippen LogP contribution in [0, 0.1) is 0 Å². The number of nitrogens with two attached hydrogens (primary N) is 2. The molecule has 1 fully saturated rings. The van der Waals surface area contributed by atoms with Crippen LogP contribution in [0.25, 0.3) is 0 Å². The van der Waals surface area contributed by atoms with E-state index in [0.29, 0.717) is 6.61 Å². The summed E-state index contributed by atoms with van der Waals surface area (Å²) in [5, 5.41) is 3.74. The van der Waals surface area contributed by atoms with Gasteiger partial charge in [0.1, 0.15) is 13.7 Å². The van der Waals surface area contributed by atoms with Crippen LogP contribution in [0.5, 0.6) is 0 Å². The van der Waals surface area contributed by atoms with Gasteiger partial charge in [-0.2, -0.15) is 0 Å². The normalized spacial score (nSPS) is 23.9. The average Bonchev–Trinajstić information content (AvgIpc) is 3.30. The molecule has 6 heteroatoms. The highest BCUT2D eigenvalue weighted by Crippen LogP contribution is 2.47. The van der Waals surface area contributed by atoms with Crippen molar-refractivity contribution < 1.29 is 9.31 Å². The Morgan fingerprint density at radius 3 is 2.00 bits per heavy atom. The van der Waals surface area contributed by atoms with Gasteiger partial charge < -0.3 is 4.74 Å². The van der Waals surface area contributed by atoms with E-state index in [1.165, 1.54) is 33.5 Å². The van der Waals surface area contributed by atoms with Gasteiger partial charge in [-0.1, -0.05) is 83.5 Å². The van der Waals surface area contributed by atoms with Gasteiger partial charge in [0, 0.05) is 40.5 Å². The first kappa shape index (κ1) is 31.0. The summed E-state index contributed by atoms with van der Waals surface area (Å²) in [5.74, 6) is 13.4. The summed E-state index contributed by atoms with van der Waals surface area (Å²) in [7, 11) is 3.94. The number of likely N-dealkylation sites (N-methyl/N-ethyl adjacent to an activating group) is 1. The topological polar surface area (TPSA) is 70.8 Å². The van der Waals surface area contributed by atoms with Crippen LogP contribution < -0.4 is 21.7 Å². The van der Waals surface area contributed by atoms with Crippen molar-refractivity contribution in [2.75, 3.05) is 37.3 Å². The molecule has 0 spiro atoms. The van der Waals surface area contributed by atoms with Crippen molar-refractivity contribution in [2.24, 2.45) is 11.7 Å². The van der Waals surface area contributed by atoms with Crippen LogP contribution in [0.1, 0.15) is 77.0 Å². The van der Waals surface area contributed by atoms with Crippen LogP contribution >= 0.6 is 0 Å². The number of anilines is 2. The maximum atomic E-state index is 6.75. The third kappa shape index (κ3) is 5.64. The Morgan fingerprint density at radius 1 is 0.837 bits per heavy atom. The van der Waals surface area contributed by atoms with Gasteiger partial charge in [-0.25, -0.2) is 16.3 Å². The smallest absolute Gasteiger partial charge is 0.206 e. The summed E-state index contributed by atoms with van der Waals surface area (Å²) < 4.78 is 7.82. The zero-order valence-corrected chi connectivity index (χ0v) is 27.2. The number of fused-ring (bicyclic) bond motifs is 2. The fourth-order valence-corrected chi connectivity index (χ4v) is 7.09. The molecule has 2 aliphatic heterocycles. The molecule has 228 valence electrons. The Labute approximate surface area is 258 Å². The standard InChI is InChI=1S/C37H50N5O/c1-8-12-26-17-20-32-30(25-26)37(4,5)34(42(32)39)22-19-28-14-11-13-27(35(28)40(6)23-24-43-7)18-21-33-36(2,3)29-15-9-10-16-31(29)41(33)38/h9-10,15-22,25H,8,11-14,23-24,38-39H2,1-7H3/q+1. The van der Waals surface area contributed by atoms with Crippen LogP contribution in [0.2, 0.25) is 0 Å². The molecule has 2 aromatic rings. The Bertz CT molecular complexity index is 1540. The van der Waals surface area contributed by atoms with Crippen molar-refractivity contribution in [3.63, 3.8) is 0 Å². The van der Waals surface area contributed by atoms with Gasteiger partial charge in [-0.15, -0.1) is 0 Å². The first-order valence-electron chi connectivity index (χ1n) is 15.7. The number of hydrogen-bond acceptors (Lipinski definition) is 5. The van der Waals surface area contributed by atoms with E-state index in [4.69, 9.17) is 16.4 Å². The third-order valence-corrected chi connectivity index (χ3v) is 9.57. The fraction of sp³-hybridized carbons (Fsp3) is 0.432. The van der Waals surface area contributed by atoms with Gasteiger partial charge >= 0.3 is 0 Å². The molecule has 0 amide bonds. The number of hydrogen-bond donors (Lipinski definition) is 2. The number of aryl methyl sites for hydroxylation is 1. The molecule has 43 heavy (non-hydrogen) atoms. The van der Waals surface area contributed by atoms with Gasteiger partial charge in [0.15, 0.2) is 6.54 Å². The number of allylic oxidation sites excluding steroid dienone is 8. The molecule has 0 unspecified atom stereocenters. The second kappa shape index (κ2) is 12.3. The summed E-state index contributed by atoms with van der Waals surface area (Å²) in [6, 6.07) is 15.2. The van der Waals surface area contributed by atoms with Crippen LogP contribution in [0.15, 0.2) is 89.3 Å². The molecule has 0 bridgehead atoms. The molecule has 1 saturated carbocycles. The number of rotatable bonds is 7. The van der Waals surface area contributed by atoms with Crippen LogP contribution in [-0.2, 0) is 22.0 Å². The van der Waals surface area contributed by atoms with E-state index in [1.807, 2.05) is 10.0 Å². The summed E-state index contributed by atoms with van der Waals surface area (Å²) >= 11 is 0. The van der Waals surface area contributed by atoms with E-state index in [0.717, 1.165) is 61.4 Å². The van der Waals surface area contributed by atoms with Crippen molar-refractivity contribution in [2.45, 2.75) is 77.6 Å². The number of hydrazine groups is 2. The van der Waals surface area contributed by atoms with Gasteiger partial charge in [0.05, 0.1) is 11.4 Å². The second-order valence-corrected chi connectivity index (χ2v) is 13.2. The number of para-hydroxylation sites is 1. The Hall–Kier alpha value is -3.45. The van der Waals surface area contributed by atoms with Crippen molar-refractivity contribution in [1.29, 1.82) is 0 Å². The predicted octanol–water partition coefficient (Wildman–Crippen LogP) is 6.82. The highest BCUT2D eigenvalue weighted by atomic mass is 16.5. The third-order valence-electron chi connectivity index (χ3n) is 9.57. The number of nitrogens with zero attached hydrogens (tertiary/aromatic N) is 3. The summed E-state index contributed by atoms with van der Waals surface area (Å²) in [6.07, 6.45) is 14.4. The lowest BCUT2D eigenvalue weighted by atomic mass is 9.82. The van der Waals surface area contributed by atoms with Crippen LogP contribution in [-0.4, -0.2) is 37.6 Å². The quantitative estimate of drug-likeness (QED) is 0.278. The molecule has 1 aliphatic carbocycles. The minimum atomic E-state index is -0.182. The molecule has 4 N–H and O–H groups in total. The monoisotopic (exact) mass is 580 g/mol. The lowest BCUT2D eigenvalue weighted by molar-refractivity contribution is -0.499. The largest absolute Gasteiger partial charge is 0.378 e. The second-order valence-electron chi connectivity index (χ2n) is 13.2. The fourth-order valence-electron chi connectivity index (χ4n) is 7.09. The molecule has 3 aliphatic rings. The van der Waals surface area contributed by atoms with Crippen molar-refractivity contribution in [3.8, 4) is 0 Å². The zero-order valence-electron chi connectivity index (χ0n) is 27.2. The average molecular weight is 581 g/mol. The number of ether oxygens (including phenoxy) is 1. The maximum absolute atomic E-state index is 6.75. The van der Waals surface area contributed by atoms with Crippen molar-refractivity contribution >= 4 is 17.1 Å². The van der Waals surface area contributed by atoms with E-state index in [2.05, 4.69) is 113 Å². The van der Waals surface area contributed by atoms with Crippen LogP contribution in [0.3, 0.4) is 0 Å². The summed E-state index contributed by atoms with van der Waals surface area (Å²) in [5.41, 5.74) is 11.9. The number of benzene rings is 2. The first-order valence-corrected chi connectivity index (χ1v) is 15.7. The lowest BCUT2D eigenvalue weighted by Gasteiger charge is -2.24. The van der Waals surface area contributed by atoms with Gasteiger partial charge in [-0.3, -0.25) is 10.0 Å². The van der Waals surface area contributed by atoms with E-state index in [1.54, 1.807) is 7.11 Å². The Morgan fingerprint density at radius 2 is 1.42 bits per heavy atom. The van der Waals surface area contributed by atoms with E-state index >= 15 is 0 Å². The molecule has 0 atom stereocenters. The molecule has 0 radical (unpaired) electrons. The van der Waals surface area contributed by atoms with Crippen molar-refractivity contribution in [1.82, 2.24) is 0 Å². The lowest BCUT2D eigenvalue weighted by Crippen LogP contribution is -2.32. The zero-order chi connectivity index (χ0) is 30.9. The molecule has 2 heterocycles. The first-order chi connectivity index (χ1) is 20.5. The van der Waals surface area contributed by atoms with E-state index < -0.39 is 0 Å². The Kier molecular flexibility index (Phi) is 8.85. The van der Waals surface area contributed by atoms with Gasteiger partial charge in [0.2, 0.25) is 5.71 Å². The highest BCUT2D eigenvalue weighted by molar-refractivity contribution is 6.10. The predicted molar refractivity (Wildman–Crippen MR) is 180 cm³/mol. The SMILES string of the molecule is CCCc1ccc2c(c1)C(C)(C)/C(=C\C=C1/CCCC(=CC=C3N(N)c4ccccc4C3(C)C)C1=[N+](C)CCOC)N2N. The summed E-state index contributed by atoms with van der Waals surface area (Å²) in [6.45, 7) is 12.8. The Balaban J connectivity index is 1.54. The molecule has 0 saturated heterocycles. The minimum Gasteiger partial charge on any atom is -0.378 e.